The van der Waals surface area contributed by atoms with Crippen LogP contribution >= 0.6 is 0 Å². The SMILES string of the molecule is [CH2-]c1cc(-c2ccccc2)ccc1-c1cc(CC2CCCCC2)c([Si](C)(C)C)c[n+]1[CH2-].[CH2-]c1cc2oc3cc(-c4ccccc4-c4ccccc4)ccc3c2cc1-c1cc(C(C)c2ccccc2)cc[n+]1[CH2-].[Ir]. The molecular formula is C68H66IrN2OSi-2. The van der Waals surface area contributed by atoms with E-state index < -0.39 is 8.07 Å². The van der Waals surface area contributed by atoms with Crippen molar-refractivity contribution < 1.29 is 33.7 Å². The summed E-state index contributed by atoms with van der Waals surface area (Å²) >= 11 is 0. The molecule has 3 aromatic heterocycles. The number of nitrogens with zero attached hydrogens (tertiary/aromatic N) is 2. The second kappa shape index (κ2) is 22.0. The molecule has 0 saturated heterocycles. The summed E-state index contributed by atoms with van der Waals surface area (Å²) < 4.78 is 10.4. The van der Waals surface area contributed by atoms with Crippen molar-refractivity contribution in [3.05, 3.63) is 250 Å². The van der Waals surface area contributed by atoms with Gasteiger partial charge in [-0.15, -0.1) is 29.3 Å². The molecule has 5 heteroatoms. The third kappa shape index (κ3) is 11.0. The molecule has 7 aromatic carbocycles. The Morgan fingerprint density at radius 2 is 1.11 bits per heavy atom. The molecule has 369 valence electrons. The number of furan rings is 1. The van der Waals surface area contributed by atoms with E-state index in [2.05, 4.69) is 241 Å². The molecule has 11 rings (SSSR count). The number of pyridine rings is 2. The number of hydrogen-bond acceptors (Lipinski definition) is 1. The zero-order valence-corrected chi connectivity index (χ0v) is 46.2. The number of aromatic nitrogens is 2. The summed E-state index contributed by atoms with van der Waals surface area (Å²) in [6, 6.07) is 64.4. The first-order valence-corrected chi connectivity index (χ1v) is 29.2. The fourth-order valence-electron chi connectivity index (χ4n) is 10.9. The number of hydrogen-bond donors (Lipinski definition) is 0. The Bertz CT molecular complexity index is 3510. The molecule has 1 fully saturated rings. The Kier molecular flexibility index (Phi) is 15.3. The third-order valence-electron chi connectivity index (χ3n) is 14.9. The van der Waals surface area contributed by atoms with Crippen LogP contribution in [0, 0.1) is 33.9 Å². The molecule has 10 aromatic rings. The molecule has 3 nitrogen and oxygen atoms in total. The second-order valence-electron chi connectivity index (χ2n) is 20.9. The topological polar surface area (TPSA) is 20.9 Å². The Labute approximate surface area is 449 Å². The molecule has 0 amide bonds. The van der Waals surface area contributed by atoms with E-state index in [1.165, 1.54) is 88.7 Å². The van der Waals surface area contributed by atoms with Gasteiger partial charge in [-0.25, -0.2) is 0 Å². The van der Waals surface area contributed by atoms with E-state index in [1.54, 1.807) is 10.8 Å². The van der Waals surface area contributed by atoms with E-state index in [0.717, 1.165) is 55.8 Å². The molecule has 0 N–H and O–H groups in total. The molecule has 1 radical (unpaired) electrons. The van der Waals surface area contributed by atoms with Crippen molar-refractivity contribution >= 4 is 35.2 Å². The Morgan fingerprint density at radius 3 is 1.78 bits per heavy atom. The fourth-order valence-corrected chi connectivity index (χ4v) is 12.6. The molecule has 1 aliphatic rings. The third-order valence-corrected chi connectivity index (χ3v) is 17.0. The molecular weight excluding hydrogens is 1080 g/mol. The van der Waals surface area contributed by atoms with Crippen LogP contribution in [0.5, 0.6) is 0 Å². The van der Waals surface area contributed by atoms with Crippen molar-refractivity contribution in [1.82, 2.24) is 0 Å². The Balaban J connectivity index is 0.000000185. The molecule has 0 bridgehead atoms. The average Bonchev–Trinajstić information content (AvgIpc) is 3.76. The van der Waals surface area contributed by atoms with Crippen LogP contribution in [-0.4, -0.2) is 8.07 Å². The molecule has 3 heterocycles. The smallest absolute Gasteiger partial charge is 0.134 e. The van der Waals surface area contributed by atoms with Gasteiger partial charge in [0.2, 0.25) is 0 Å². The van der Waals surface area contributed by atoms with Gasteiger partial charge in [-0.2, -0.15) is 31.0 Å². The van der Waals surface area contributed by atoms with Gasteiger partial charge < -0.3 is 13.6 Å². The normalized spacial score (nSPS) is 13.3. The fraction of sp³-hybridized carbons (Fsp3) is 0.176. The number of fused-ring (bicyclic) bond motifs is 3. The Hall–Kier alpha value is -7.01. The largest absolute Gasteiger partial charge is 0.469 e. The van der Waals surface area contributed by atoms with E-state index in [9.17, 15) is 0 Å². The van der Waals surface area contributed by atoms with Gasteiger partial charge in [-0.1, -0.05) is 221 Å². The first-order chi connectivity index (χ1) is 34.9. The maximum absolute atomic E-state index is 6.42. The summed E-state index contributed by atoms with van der Waals surface area (Å²) in [6.07, 6.45) is 12.5. The summed E-state index contributed by atoms with van der Waals surface area (Å²) in [7, 11) is 7.22. The summed E-state index contributed by atoms with van der Waals surface area (Å²) in [5.41, 5.74) is 19.3. The van der Waals surface area contributed by atoms with Gasteiger partial charge in [-0.3, -0.25) is 0 Å². The summed E-state index contributed by atoms with van der Waals surface area (Å²) in [6.45, 7) is 18.4. The predicted octanol–water partition coefficient (Wildman–Crippen LogP) is 16.6. The average molecular weight is 1150 g/mol. The molecule has 1 aliphatic carbocycles. The maximum Gasteiger partial charge on any atom is 0.134 e. The summed E-state index contributed by atoms with van der Waals surface area (Å²) in [5, 5.41) is 3.72. The van der Waals surface area contributed by atoms with Crippen LogP contribution in [0.4, 0.5) is 0 Å². The minimum absolute atomic E-state index is 0. The van der Waals surface area contributed by atoms with E-state index in [4.69, 9.17) is 4.42 Å². The van der Waals surface area contributed by atoms with Gasteiger partial charge in [0.05, 0.1) is 37.4 Å². The van der Waals surface area contributed by atoms with E-state index >= 15 is 0 Å². The van der Waals surface area contributed by atoms with Crippen molar-refractivity contribution in [2.24, 2.45) is 5.92 Å². The zero-order chi connectivity index (χ0) is 49.9. The van der Waals surface area contributed by atoms with Crippen LogP contribution < -0.4 is 14.3 Å². The standard InChI is InChI=1S/C39H30NO.C29H36NSi.Ir/c1-26-22-38-36(25-35(26)37-23-30(20-21-40(37)3)27(2)28-12-6-4-7-13-28)34-19-18-31(24-39(34)41-38)33-17-11-10-16-32(33)29-14-8-5-9-15-29;1-22-18-25(24-14-10-7-11-15-24)16-17-27(22)28-20-26(19-23-12-8-6-9-13-23)29(21-30(28)2)31(3,4)5;/h4-25,27H,1,3H2,2H3;7,10-11,14-18,20-21,23H,1-2,6,8-9,12-13,19H2,3-5H3;/q2*-1;. The quantitative estimate of drug-likeness (QED) is 0.0759. The summed E-state index contributed by atoms with van der Waals surface area (Å²) in [4.78, 5) is 0. The van der Waals surface area contributed by atoms with Gasteiger partial charge >= 0.3 is 0 Å². The Morgan fingerprint density at radius 1 is 0.521 bits per heavy atom. The van der Waals surface area contributed by atoms with Gasteiger partial charge in [0.1, 0.15) is 5.58 Å². The van der Waals surface area contributed by atoms with E-state index in [-0.39, 0.29) is 26.0 Å². The minimum atomic E-state index is -1.46. The maximum atomic E-state index is 6.42. The summed E-state index contributed by atoms with van der Waals surface area (Å²) in [5.74, 6) is 1.09. The molecule has 1 saturated carbocycles. The molecule has 73 heavy (non-hydrogen) atoms. The van der Waals surface area contributed by atoms with Crippen LogP contribution in [0.1, 0.15) is 72.8 Å². The molecule has 1 atom stereocenters. The van der Waals surface area contributed by atoms with Gasteiger partial charge in [-0.05, 0) is 63.0 Å². The van der Waals surface area contributed by atoms with Crippen LogP contribution in [0.15, 0.2) is 199 Å². The monoisotopic (exact) mass is 1150 g/mol. The number of benzene rings is 7. The molecule has 1 unspecified atom stereocenters. The van der Waals surface area contributed by atoms with Crippen LogP contribution in [0.3, 0.4) is 0 Å². The van der Waals surface area contributed by atoms with Crippen molar-refractivity contribution in [3.63, 3.8) is 0 Å². The first kappa shape index (κ1) is 50.9. The van der Waals surface area contributed by atoms with Crippen LogP contribution in [0.2, 0.25) is 19.6 Å². The van der Waals surface area contributed by atoms with Crippen LogP contribution in [0.25, 0.3) is 77.8 Å². The predicted molar refractivity (Wildman–Crippen MR) is 305 cm³/mol. The van der Waals surface area contributed by atoms with Crippen molar-refractivity contribution in [3.8, 4) is 55.9 Å². The van der Waals surface area contributed by atoms with Crippen molar-refractivity contribution in [2.75, 3.05) is 0 Å². The van der Waals surface area contributed by atoms with Crippen LogP contribution in [-0.2, 0) is 26.5 Å². The van der Waals surface area contributed by atoms with Gasteiger partial charge in [0.15, 0.2) is 0 Å². The number of rotatable bonds is 10. The van der Waals surface area contributed by atoms with Crippen molar-refractivity contribution in [2.45, 2.75) is 71.0 Å². The van der Waals surface area contributed by atoms with Gasteiger partial charge in [0, 0.05) is 50.9 Å². The van der Waals surface area contributed by atoms with E-state index in [0.29, 0.717) is 0 Å². The molecule has 0 spiro atoms. The second-order valence-corrected chi connectivity index (χ2v) is 26.0. The molecule has 0 aliphatic heterocycles. The first-order valence-electron chi connectivity index (χ1n) is 25.7. The van der Waals surface area contributed by atoms with Gasteiger partial charge in [0.25, 0.3) is 0 Å². The van der Waals surface area contributed by atoms with E-state index in [1.807, 2.05) is 16.8 Å². The zero-order valence-electron chi connectivity index (χ0n) is 42.8. The van der Waals surface area contributed by atoms with Crippen molar-refractivity contribution in [1.29, 1.82) is 0 Å². The minimum Gasteiger partial charge on any atom is -0.469 e.